The molecule has 1 amide bonds. The average molecular weight is 425 g/mol. The molecular weight excluding hydrogens is 400 g/mol. The Morgan fingerprint density at radius 1 is 1.13 bits per heavy atom. The number of nitrogens with one attached hydrogen (secondary N) is 1. The third kappa shape index (κ3) is 3.74. The molecule has 2 aromatic heterocycles. The van der Waals surface area contributed by atoms with Crippen molar-refractivity contribution in [1.82, 2.24) is 19.5 Å². The minimum absolute atomic E-state index is 0.0212. The third-order valence-electron chi connectivity index (χ3n) is 6.06. The zero-order valence-corrected chi connectivity index (χ0v) is 17.6. The van der Waals surface area contributed by atoms with Crippen molar-refractivity contribution < 1.29 is 4.79 Å². The van der Waals surface area contributed by atoms with Crippen LogP contribution in [0.1, 0.15) is 37.9 Å². The van der Waals surface area contributed by atoms with E-state index in [0.717, 1.165) is 67.3 Å². The molecule has 1 aromatic carbocycles. The van der Waals surface area contributed by atoms with Gasteiger partial charge in [0.05, 0.1) is 5.92 Å². The van der Waals surface area contributed by atoms with E-state index in [4.69, 9.17) is 16.6 Å². The van der Waals surface area contributed by atoms with Gasteiger partial charge in [-0.25, -0.2) is 15.0 Å². The van der Waals surface area contributed by atoms with E-state index < -0.39 is 0 Å². The van der Waals surface area contributed by atoms with E-state index in [1.165, 1.54) is 12.8 Å². The fraction of sp³-hybridized carbons (Fsp3) is 0.455. The summed E-state index contributed by atoms with van der Waals surface area (Å²) in [5.41, 5.74) is 2.51. The summed E-state index contributed by atoms with van der Waals surface area (Å²) in [4.78, 5) is 29.1. The number of carbonyl (C=O) groups is 1. The summed E-state index contributed by atoms with van der Waals surface area (Å²) in [6.07, 6.45) is 7.98. The van der Waals surface area contributed by atoms with Gasteiger partial charge in [0.2, 0.25) is 5.91 Å². The van der Waals surface area contributed by atoms with Gasteiger partial charge in [0, 0.05) is 36.8 Å². The van der Waals surface area contributed by atoms with Crippen LogP contribution in [0.3, 0.4) is 0 Å². The number of nitrogens with zero attached hydrogens (tertiary/aromatic N) is 5. The Bertz CT molecular complexity index is 1080. The van der Waals surface area contributed by atoms with E-state index in [9.17, 15) is 4.79 Å². The molecule has 7 nitrogen and oxygen atoms in total. The summed E-state index contributed by atoms with van der Waals surface area (Å²) in [6, 6.07) is 7.26. The zero-order chi connectivity index (χ0) is 20.5. The number of fused-ring (bicyclic) bond motifs is 3. The molecule has 0 bridgehead atoms. The van der Waals surface area contributed by atoms with Crippen LogP contribution in [0.25, 0.3) is 11.2 Å². The van der Waals surface area contributed by atoms with E-state index in [2.05, 4.69) is 24.8 Å². The Balaban J connectivity index is 1.38. The molecule has 2 aliphatic rings. The molecule has 1 saturated heterocycles. The first-order valence-corrected chi connectivity index (χ1v) is 11.1. The minimum atomic E-state index is -0.108. The molecule has 0 unspecified atom stereocenters. The van der Waals surface area contributed by atoms with Crippen molar-refractivity contribution in [1.29, 1.82) is 0 Å². The Hall–Kier alpha value is -2.67. The van der Waals surface area contributed by atoms with Crippen LogP contribution in [0.4, 0.5) is 11.5 Å². The lowest BCUT2D eigenvalue weighted by Crippen LogP contribution is -2.41. The highest BCUT2D eigenvalue weighted by Gasteiger charge is 2.29. The number of aromatic nitrogens is 4. The van der Waals surface area contributed by atoms with Gasteiger partial charge in [-0.15, -0.1) is 0 Å². The first-order chi connectivity index (χ1) is 14.7. The first-order valence-electron chi connectivity index (χ1n) is 10.7. The lowest BCUT2D eigenvalue weighted by molar-refractivity contribution is -0.120. The molecule has 1 fully saturated rings. The summed E-state index contributed by atoms with van der Waals surface area (Å²) < 4.78 is 2.25. The molecule has 0 radical (unpaired) electrons. The van der Waals surface area contributed by atoms with Crippen molar-refractivity contribution >= 4 is 40.2 Å². The number of halogens is 1. The fourth-order valence-electron chi connectivity index (χ4n) is 4.55. The minimum Gasteiger partial charge on any atom is -0.354 e. The van der Waals surface area contributed by atoms with E-state index in [-0.39, 0.29) is 11.8 Å². The van der Waals surface area contributed by atoms with Crippen molar-refractivity contribution in [2.45, 2.75) is 45.1 Å². The molecule has 156 valence electrons. The van der Waals surface area contributed by atoms with Gasteiger partial charge >= 0.3 is 0 Å². The summed E-state index contributed by atoms with van der Waals surface area (Å²) in [5, 5.41) is 3.62. The maximum Gasteiger partial charge on any atom is 0.229 e. The quantitative estimate of drug-likeness (QED) is 0.686. The standard InChI is InChI=1S/C22H25ClN6O/c23-16-7-4-8-17(12-16)26-22(30)15-6-5-10-28(13-15)20-19-21(25-14-24-20)29-11-3-1-2-9-18(29)27-19/h4,7-8,12,14-15H,1-3,5-6,9-11,13H2,(H,26,30)/t15-/m1/s1. The molecule has 5 rings (SSSR count). The Labute approximate surface area is 180 Å². The Morgan fingerprint density at radius 2 is 2.07 bits per heavy atom. The van der Waals surface area contributed by atoms with E-state index in [1.807, 2.05) is 12.1 Å². The maximum atomic E-state index is 12.9. The molecule has 30 heavy (non-hydrogen) atoms. The number of imidazole rings is 1. The van der Waals surface area contributed by atoms with Crippen LogP contribution in [0.2, 0.25) is 5.02 Å². The van der Waals surface area contributed by atoms with E-state index in [1.54, 1.807) is 18.5 Å². The topological polar surface area (TPSA) is 75.9 Å². The Morgan fingerprint density at radius 3 is 2.97 bits per heavy atom. The van der Waals surface area contributed by atoms with Crippen molar-refractivity contribution in [3.8, 4) is 0 Å². The number of carbonyl (C=O) groups excluding carboxylic acids is 1. The number of hydrogen-bond acceptors (Lipinski definition) is 5. The number of benzene rings is 1. The van der Waals surface area contributed by atoms with Gasteiger partial charge in [0.15, 0.2) is 17.0 Å². The van der Waals surface area contributed by atoms with Gasteiger partial charge in [-0.1, -0.05) is 24.1 Å². The average Bonchev–Trinajstić information content (AvgIpc) is 2.95. The van der Waals surface area contributed by atoms with Gasteiger partial charge in [-0.05, 0) is 43.9 Å². The smallest absolute Gasteiger partial charge is 0.229 e. The van der Waals surface area contributed by atoms with Crippen LogP contribution in [0, 0.1) is 5.92 Å². The summed E-state index contributed by atoms with van der Waals surface area (Å²) in [6.45, 7) is 2.46. The molecule has 0 saturated carbocycles. The molecule has 0 aliphatic carbocycles. The van der Waals surface area contributed by atoms with Crippen LogP contribution in [-0.4, -0.2) is 38.5 Å². The highest BCUT2D eigenvalue weighted by molar-refractivity contribution is 6.30. The van der Waals surface area contributed by atoms with Gasteiger partial charge in [-0.2, -0.15) is 0 Å². The van der Waals surface area contributed by atoms with Crippen molar-refractivity contribution in [2.24, 2.45) is 5.92 Å². The largest absolute Gasteiger partial charge is 0.354 e. The normalized spacial score (nSPS) is 19.4. The van der Waals surface area contributed by atoms with Gasteiger partial charge < -0.3 is 14.8 Å². The fourth-order valence-corrected chi connectivity index (χ4v) is 4.74. The second kappa shape index (κ2) is 8.22. The van der Waals surface area contributed by atoms with Crippen LogP contribution < -0.4 is 10.2 Å². The lowest BCUT2D eigenvalue weighted by atomic mass is 9.97. The number of rotatable bonds is 3. The number of piperidine rings is 1. The SMILES string of the molecule is O=C(Nc1cccc(Cl)c1)[C@@H]1CCCN(c2ncnc3c2nc2n3CCCCC2)C1. The van der Waals surface area contributed by atoms with E-state index in [0.29, 0.717) is 11.6 Å². The van der Waals surface area contributed by atoms with Gasteiger partial charge in [-0.3, -0.25) is 4.79 Å². The highest BCUT2D eigenvalue weighted by atomic mass is 35.5. The predicted molar refractivity (Wildman–Crippen MR) is 118 cm³/mol. The first kappa shape index (κ1) is 19.3. The number of anilines is 2. The number of amides is 1. The molecule has 8 heteroatoms. The van der Waals surface area contributed by atoms with Crippen LogP contribution in [0.5, 0.6) is 0 Å². The Kier molecular flexibility index (Phi) is 5.29. The number of aryl methyl sites for hydroxylation is 2. The van der Waals surface area contributed by atoms with E-state index >= 15 is 0 Å². The molecule has 1 atom stereocenters. The number of hydrogen-bond donors (Lipinski definition) is 1. The van der Waals surface area contributed by atoms with Gasteiger partial charge in [0.25, 0.3) is 0 Å². The summed E-state index contributed by atoms with van der Waals surface area (Å²) in [5.74, 6) is 1.87. The highest BCUT2D eigenvalue weighted by Crippen LogP contribution is 2.30. The maximum absolute atomic E-state index is 12.9. The monoisotopic (exact) mass is 424 g/mol. The van der Waals surface area contributed by atoms with Crippen LogP contribution >= 0.6 is 11.6 Å². The molecule has 0 spiro atoms. The van der Waals surface area contributed by atoms with Crippen molar-refractivity contribution in [3.05, 3.63) is 41.4 Å². The van der Waals surface area contributed by atoms with Crippen LogP contribution in [0.15, 0.2) is 30.6 Å². The second-order valence-electron chi connectivity index (χ2n) is 8.14. The predicted octanol–water partition coefficient (Wildman–Crippen LogP) is 4.06. The zero-order valence-electron chi connectivity index (χ0n) is 16.9. The summed E-state index contributed by atoms with van der Waals surface area (Å²) in [7, 11) is 0. The van der Waals surface area contributed by atoms with Crippen LogP contribution in [-0.2, 0) is 17.8 Å². The lowest BCUT2D eigenvalue weighted by Gasteiger charge is -2.32. The third-order valence-corrected chi connectivity index (χ3v) is 6.29. The van der Waals surface area contributed by atoms with Gasteiger partial charge in [0.1, 0.15) is 12.2 Å². The molecule has 2 aliphatic heterocycles. The second-order valence-corrected chi connectivity index (χ2v) is 8.58. The molecule has 1 N–H and O–H groups in total. The molecule has 4 heterocycles. The molecule has 3 aromatic rings. The molecular formula is C22H25ClN6O. The van der Waals surface area contributed by atoms with Crippen molar-refractivity contribution in [2.75, 3.05) is 23.3 Å². The summed E-state index contributed by atoms with van der Waals surface area (Å²) >= 11 is 6.04. The van der Waals surface area contributed by atoms with Crippen molar-refractivity contribution in [3.63, 3.8) is 0 Å².